The van der Waals surface area contributed by atoms with Gasteiger partial charge in [-0.3, -0.25) is 0 Å². The minimum atomic E-state index is 0.519. The van der Waals surface area contributed by atoms with Gasteiger partial charge < -0.3 is 5.32 Å². The van der Waals surface area contributed by atoms with Crippen LogP contribution in [0.2, 0.25) is 5.15 Å². The predicted octanol–water partition coefficient (Wildman–Crippen LogP) is 3.70. The van der Waals surface area contributed by atoms with E-state index in [9.17, 15) is 0 Å². The molecule has 0 aliphatic carbocycles. The Labute approximate surface area is 107 Å². The highest BCUT2D eigenvalue weighted by molar-refractivity contribution is 6.29. The Morgan fingerprint density at radius 3 is 2.88 bits per heavy atom. The second-order valence-electron chi connectivity index (χ2n) is 4.03. The fraction of sp³-hybridized carbons (Fsp3) is 0.214. The molecular formula is C14H15ClN2. The number of benzene rings is 1. The highest BCUT2D eigenvalue weighted by Crippen LogP contribution is 2.12. The molecule has 0 fully saturated rings. The van der Waals surface area contributed by atoms with Gasteiger partial charge in [0.1, 0.15) is 5.15 Å². The molecule has 0 radical (unpaired) electrons. The van der Waals surface area contributed by atoms with Gasteiger partial charge in [-0.25, -0.2) is 4.98 Å². The molecule has 2 rings (SSSR count). The zero-order valence-corrected chi connectivity index (χ0v) is 10.5. The van der Waals surface area contributed by atoms with Crippen molar-refractivity contribution >= 4 is 17.3 Å². The van der Waals surface area contributed by atoms with Crippen LogP contribution in [0.25, 0.3) is 0 Å². The van der Waals surface area contributed by atoms with Crippen LogP contribution in [0.15, 0.2) is 42.6 Å². The van der Waals surface area contributed by atoms with E-state index in [2.05, 4.69) is 41.5 Å². The van der Waals surface area contributed by atoms with Crippen molar-refractivity contribution in [3.05, 3.63) is 58.9 Å². The molecule has 88 valence electrons. The molecule has 2 aromatic rings. The van der Waals surface area contributed by atoms with Crippen molar-refractivity contribution in [2.75, 3.05) is 11.9 Å². The van der Waals surface area contributed by atoms with Crippen molar-refractivity contribution in [3.8, 4) is 0 Å². The minimum Gasteiger partial charge on any atom is -0.385 e. The summed E-state index contributed by atoms with van der Waals surface area (Å²) in [5, 5.41) is 3.85. The van der Waals surface area contributed by atoms with Gasteiger partial charge in [0.05, 0.1) is 0 Å². The zero-order chi connectivity index (χ0) is 12.1. The number of aromatic nitrogens is 1. The van der Waals surface area contributed by atoms with Crippen molar-refractivity contribution in [2.24, 2.45) is 0 Å². The summed E-state index contributed by atoms with van der Waals surface area (Å²) < 4.78 is 0. The minimum absolute atomic E-state index is 0.519. The summed E-state index contributed by atoms with van der Waals surface area (Å²) in [5.41, 5.74) is 3.66. The third-order valence-corrected chi connectivity index (χ3v) is 2.76. The number of nitrogens with zero attached hydrogens (tertiary/aromatic N) is 1. The summed E-state index contributed by atoms with van der Waals surface area (Å²) in [6.07, 6.45) is 2.71. The first-order chi connectivity index (χ1) is 8.24. The number of aryl methyl sites for hydroxylation is 1. The van der Waals surface area contributed by atoms with Crippen LogP contribution in [0.1, 0.15) is 11.1 Å². The molecule has 0 spiro atoms. The van der Waals surface area contributed by atoms with Crippen LogP contribution in [-0.4, -0.2) is 11.5 Å². The fourth-order valence-electron chi connectivity index (χ4n) is 1.73. The third kappa shape index (κ3) is 3.75. The summed E-state index contributed by atoms with van der Waals surface area (Å²) in [5.74, 6) is 0. The molecule has 0 atom stereocenters. The standard InChI is InChI=1S/C14H15ClN2/c1-11-3-2-4-12(9-11)5-7-16-13-6-8-17-14(15)10-13/h2-4,6,8-10H,5,7H2,1H3,(H,16,17). The van der Waals surface area contributed by atoms with Crippen molar-refractivity contribution in [1.82, 2.24) is 4.98 Å². The Hall–Kier alpha value is -1.54. The first kappa shape index (κ1) is 11.9. The second-order valence-corrected chi connectivity index (χ2v) is 4.42. The molecule has 0 saturated heterocycles. The van der Waals surface area contributed by atoms with Crippen LogP contribution < -0.4 is 5.32 Å². The topological polar surface area (TPSA) is 24.9 Å². The van der Waals surface area contributed by atoms with E-state index in [-0.39, 0.29) is 0 Å². The first-order valence-electron chi connectivity index (χ1n) is 5.65. The zero-order valence-electron chi connectivity index (χ0n) is 9.78. The average Bonchev–Trinajstić information content (AvgIpc) is 2.29. The van der Waals surface area contributed by atoms with E-state index in [0.717, 1.165) is 18.7 Å². The highest BCUT2D eigenvalue weighted by Gasteiger charge is 1.96. The molecule has 17 heavy (non-hydrogen) atoms. The molecule has 0 aliphatic heterocycles. The molecular weight excluding hydrogens is 232 g/mol. The smallest absolute Gasteiger partial charge is 0.131 e. The summed E-state index contributed by atoms with van der Waals surface area (Å²) >= 11 is 5.81. The normalized spacial score (nSPS) is 10.2. The Kier molecular flexibility index (Phi) is 3.99. The SMILES string of the molecule is Cc1cccc(CCNc2ccnc(Cl)c2)c1. The lowest BCUT2D eigenvalue weighted by Crippen LogP contribution is -2.04. The number of halogens is 1. The summed E-state index contributed by atoms with van der Waals surface area (Å²) in [6.45, 7) is 3.00. The van der Waals surface area contributed by atoms with Crippen LogP contribution in [0.5, 0.6) is 0 Å². The van der Waals surface area contributed by atoms with E-state index >= 15 is 0 Å². The van der Waals surface area contributed by atoms with Gasteiger partial charge in [-0.05, 0) is 31.0 Å². The summed E-state index contributed by atoms with van der Waals surface area (Å²) in [4.78, 5) is 3.94. The van der Waals surface area contributed by atoms with Crippen LogP contribution in [0.4, 0.5) is 5.69 Å². The molecule has 0 saturated carbocycles. The number of pyridine rings is 1. The van der Waals surface area contributed by atoms with E-state index in [0.29, 0.717) is 5.15 Å². The van der Waals surface area contributed by atoms with Gasteiger partial charge in [0.15, 0.2) is 0 Å². The van der Waals surface area contributed by atoms with Crippen LogP contribution >= 0.6 is 11.6 Å². The maximum absolute atomic E-state index is 5.81. The number of nitrogens with one attached hydrogen (secondary N) is 1. The number of hydrogen-bond donors (Lipinski definition) is 1. The number of hydrogen-bond acceptors (Lipinski definition) is 2. The molecule has 0 unspecified atom stereocenters. The van der Waals surface area contributed by atoms with Crippen LogP contribution in [0.3, 0.4) is 0 Å². The third-order valence-electron chi connectivity index (χ3n) is 2.55. The molecule has 1 N–H and O–H groups in total. The quantitative estimate of drug-likeness (QED) is 0.833. The Morgan fingerprint density at radius 2 is 2.12 bits per heavy atom. The maximum atomic E-state index is 5.81. The Balaban J connectivity index is 1.87. The molecule has 1 aromatic heterocycles. The van der Waals surface area contributed by atoms with Gasteiger partial charge in [0.25, 0.3) is 0 Å². The maximum Gasteiger partial charge on any atom is 0.131 e. The van der Waals surface area contributed by atoms with E-state index < -0.39 is 0 Å². The number of anilines is 1. The van der Waals surface area contributed by atoms with Gasteiger partial charge in [0.2, 0.25) is 0 Å². The fourth-order valence-corrected chi connectivity index (χ4v) is 1.91. The average molecular weight is 247 g/mol. The van der Waals surface area contributed by atoms with Crippen LogP contribution in [0, 0.1) is 6.92 Å². The molecule has 2 nitrogen and oxygen atoms in total. The monoisotopic (exact) mass is 246 g/mol. The second kappa shape index (κ2) is 5.69. The van der Waals surface area contributed by atoms with Crippen molar-refractivity contribution in [3.63, 3.8) is 0 Å². The van der Waals surface area contributed by atoms with Gasteiger partial charge in [-0.1, -0.05) is 41.4 Å². The van der Waals surface area contributed by atoms with Gasteiger partial charge in [0, 0.05) is 18.4 Å². The van der Waals surface area contributed by atoms with Gasteiger partial charge in [-0.2, -0.15) is 0 Å². The molecule has 3 heteroatoms. The van der Waals surface area contributed by atoms with Crippen molar-refractivity contribution in [1.29, 1.82) is 0 Å². The largest absolute Gasteiger partial charge is 0.385 e. The van der Waals surface area contributed by atoms with E-state index in [4.69, 9.17) is 11.6 Å². The lowest BCUT2D eigenvalue weighted by molar-refractivity contribution is 1.02. The summed E-state index contributed by atoms with van der Waals surface area (Å²) in [7, 11) is 0. The molecule has 0 amide bonds. The lowest BCUT2D eigenvalue weighted by Gasteiger charge is -2.06. The summed E-state index contributed by atoms with van der Waals surface area (Å²) in [6, 6.07) is 12.3. The van der Waals surface area contributed by atoms with Crippen LogP contribution in [-0.2, 0) is 6.42 Å². The lowest BCUT2D eigenvalue weighted by atomic mass is 10.1. The van der Waals surface area contributed by atoms with Gasteiger partial charge in [-0.15, -0.1) is 0 Å². The molecule has 0 aliphatic rings. The molecule has 0 bridgehead atoms. The molecule has 1 aromatic carbocycles. The van der Waals surface area contributed by atoms with Crippen molar-refractivity contribution in [2.45, 2.75) is 13.3 Å². The highest BCUT2D eigenvalue weighted by atomic mass is 35.5. The van der Waals surface area contributed by atoms with Gasteiger partial charge >= 0.3 is 0 Å². The Morgan fingerprint density at radius 1 is 1.24 bits per heavy atom. The molecule has 1 heterocycles. The Bertz CT molecular complexity index is 452. The number of rotatable bonds is 4. The van der Waals surface area contributed by atoms with E-state index in [1.807, 2.05) is 12.1 Å². The van der Waals surface area contributed by atoms with E-state index in [1.165, 1.54) is 11.1 Å². The first-order valence-corrected chi connectivity index (χ1v) is 6.03. The van der Waals surface area contributed by atoms with E-state index in [1.54, 1.807) is 6.20 Å². The van der Waals surface area contributed by atoms with Crippen molar-refractivity contribution < 1.29 is 0 Å². The predicted molar refractivity (Wildman–Crippen MR) is 72.6 cm³/mol.